The first-order chi connectivity index (χ1) is 14.4. The van der Waals surface area contributed by atoms with E-state index >= 15 is 0 Å². The Balaban J connectivity index is 2.02. The molecular formula is C21H25F2N3O4. The summed E-state index contributed by atoms with van der Waals surface area (Å²) in [6.45, 7) is 4.64. The molecule has 0 unspecified atom stereocenters. The number of hydrazine groups is 1. The summed E-state index contributed by atoms with van der Waals surface area (Å²) in [4.78, 5) is 26.7. The number of nitrogens with zero attached hydrogens (tertiary/aromatic N) is 1. The van der Waals surface area contributed by atoms with Crippen LogP contribution in [0.15, 0.2) is 42.5 Å². The van der Waals surface area contributed by atoms with E-state index in [0.717, 1.165) is 18.8 Å². The maximum Gasteiger partial charge on any atom is 0.387 e. The van der Waals surface area contributed by atoms with Crippen LogP contribution in [-0.4, -0.2) is 38.1 Å². The molecular weight excluding hydrogens is 396 g/mol. The molecule has 30 heavy (non-hydrogen) atoms. The fraction of sp³-hybridized carbons (Fsp3) is 0.333. The van der Waals surface area contributed by atoms with Gasteiger partial charge in [-0.3, -0.25) is 20.4 Å². The largest absolute Gasteiger partial charge is 0.490 e. The van der Waals surface area contributed by atoms with Crippen LogP contribution in [0.4, 0.5) is 14.5 Å². The summed E-state index contributed by atoms with van der Waals surface area (Å²) in [5.74, 6) is -1.30. The van der Waals surface area contributed by atoms with Crippen molar-refractivity contribution in [2.24, 2.45) is 0 Å². The Morgan fingerprint density at radius 3 is 2.00 bits per heavy atom. The van der Waals surface area contributed by atoms with Gasteiger partial charge < -0.3 is 14.4 Å². The summed E-state index contributed by atoms with van der Waals surface area (Å²) < 4.78 is 34.6. The maximum atomic E-state index is 12.5. The Morgan fingerprint density at radius 2 is 1.47 bits per heavy atom. The Morgan fingerprint density at radius 1 is 0.900 bits per heavy atom. The van der Waals surface area contributed by atoms with Gasteiger partial charge in [0.25, 0.3) is 11.8 Å². The number of carbonyl (C=O) groups is 2. The lowest BCUT2D eigenvalue weighted by Gasteiger charge is -2.21. The lowest BCUT2D eigenvalue weighted by Crippen LogP contribution is -2.41. The van der Waals surface area contributed by atoms with E-state index in [4.69, 9.17) is 4.74 Å². The zero-order valence-electron chi connectivity index (χ0n) is 17.1. The molecule has 0 saturated heterocycles. The Kier molecular flexibility index (Phi) is 8.40. The zero-order chi connectivity index (χ0) is 22.1. The molecule has 7 nitrogen and oxygen atoms in total. The predicted octanol–water partition coefficient (Wildman–Crippen LogP) is 3.61. The van der Waals surface area contributed by atoms with Crippen molar-refractivity contribution in [3.8, 4) is 11.5 Å². The molecule has 0 aliphatic carbocycles. The van der Waals surface area contributed by atoms with Gasteiger partial charge in [0.1, 0.15) is 0 Å². The summed E-state index contributed by atoms with van der Waals surface area (Å²) in [5, 5.41) is 0. The highest BCUT2D eigenvalue weighted by atomic mass is 19.3. The first-order valence-electron chi connectivity index (χ1n) is 9.56. The number of ether oxygens (including phenoxy) is 2. The van der Waals surface area contributed by atoms with Crippen LogP contribution in [0.1, 0.15) is 41.5 Å². The third-order valence-electron chi connectivity index (χ3n) is 4.27. The molecule has 0 bridgehead atoms. The van der Waals surface area contributed by atoms with Crippen molar-refractivity contribution in [2.75, 3.05) is 24.6 Å². The topological polar surface area (TPSA) is 79.9 Å². The summed E-state index contributed by atoms with van der Waals surface area (Å²) in [7, 11) is 0. The van der Waals surface area contributed by atoms with Gasteiger partial charge in [0, 0.05) is 29.9 Å². The summed E-state index contributed by atoms with van der Waals surface area (Å²) in [5.41, 5.74) is 6.10. The number of alkyl halides is 2. The first-order valence-corrected chi connectivity index (χ1v) is 9.56. The maximum absolute atomic E-state index is 12.5. The van der Waals surface area contributed by atoms with E-state index in [-0.39, 0.29) is 23.7 Å². The predicted molar refractivity (Wildman–Crippen MR) is 109 cm³/mol. The van der Waals surface area contributed by atoms with E-state index in [0.29, 0.717) is 5.56 Å². The number of rotatable bonds is 9. The molecule has 0 heterocycles. The third-order valence-corrected chi connectivity index (χ3v) is 4.27. The summed E-state index contributed by atoms with van der Waals surface area (Å²) in [6, 6.07) is 10.8. The van der Waals surface area contributed by atoms with E-state index in [1.165, 1.54) is 18.2 Å². The van der Waals surface area contributed by atoms with Crippen LogP contribution in [0.5, 0.6) is 11.5 Å². The molecule has 0 spiro atoms. The molecule has 2 aromatic carbocycles. The fourth-order valence-corrected chi connectivity index (χ4v) is 2.78. The standard InChI is InChI=1S/C21H25F2N3O4/c1-4-26(5-2)16-10-7-14(8-11-16)19(27)24-25-20(28)15-9-12-17(30-21(22)23)18(13-15)29-6-3/h7-13,21H,4-6H2,1-3H3,(H,24,27)(H,25,28). The molecule has 2 rings (SSSR count). The fourth-order valence-electron chi connectivity index (χ4n) is 2.78. The van der Waals surface area contributed by atoms with Gasteiger partial charge in [-0.2, -0.15) is 8.78 Å². The van der Waals surface area contributed by atoms with Crippen LogP contribution in [0.2, 0.25) is 0 Å². The van der Waals surface area contributed by atoms with Crippen LogP contribution >= 0.6 is 0 Å². The average molecular weight is 421 g/mol. The molecule has 9 heteroatoms. The van der Waals surface area contributed by atoms with E-state index in [2.05, 4.69) is 20.5 Å². The highest BCUT2D eigenvalue weighted by molar-refractivity contribution is 5.99. The van der Waals surface area contributed by atoms with Crippen LogP contribution in [-0.2, 0) is 0 Å². The number of nitrogens with one attached hydrogen (secondary N) is 2. The Labute approximate surface area is 173 Å². The molecule has 0 aliphatic rings. The Bertz CT molecular complexity index is 856. The normalized spacial score (nSPS) is 10.5. The van der Waals surface area contributed by atoms with Crippen LogP contribution in [0, 0.1) is 0 Å². The molecule has 0 atom stereocenters. The molecule has 0 saturated carbocycles. The monoisotopic (exact) mass is 421 g/mol. The van der Waals surface area contributed by atoms with Crippen LogP contribution in [0.3, 0.4) is 0 Å². The van der Waals surface area contributed by atoms with Gasteiger partial charge in [-0.1, -0.05) is 0 Å². The van der Waals surface area contributed by atoms with Gasteiger partial charge in [0.15, 0.2) is 11.5 Å². The third kappa shape index (κ3) is 6.07. The van der Waals surface area contributed by atoms with Gasteiger partial charge in [-0.25, -0.2) is 0 Å². The number of benzene rings is 2. The number of hydrogen-bond donors (Lipinski definition) is 2. The number of carbonyl (C=O) groups excluding carboxylic acids is 2. The van der Waals surface area contributed by atoms with Gasteiger partial charge >= 0.3 is 6.61 Å². The second-order valence-electron chi connectivity index (χ2n) is 6.10. The minimum Gasteiger partial charge on any atom is -0.490 e. The first kappa shape index (κ1) is 22.9. The minimum absolute atomic E-state index is 0.00349. The molecule has 0 radical (unpaired) electrons. The smallest absolute Gasteiger partial charge is 0.387 e. The van der Waals surface area contributed by atoms with Crippen molar-refractivity contribution in [1.82, 2.24) is 10.9 Å². The SMILES string of the molecule is CCOc1cc(C(=O)NNC(=O)c2ccc(N(CC)CC)cc2)ccc1OC(F)F. The number of hydrogen-bond acceptors (Lipinski definition) is 5. The quantitative estimate of drug-likeness (QED) is 0.605. The highest BCUT2D eigenvalue weighted by Crippen LogP contribution is 2.29. The Hall–Kier alpha value is -3.36. The number of anilines is 1. The highest BCUT2D eigenvalue weighted by Gasteiger charge is 2.15. The van der Waals surface area contributed by atoms with E-state index in [1.807, 2.05) is 26.0 Å². The zero-order valence-corrected chi connectivity index (χ0v) is 17.1. The van der Waals surface area contributed by atoms with E-state index in [9.17, 15) is 18.4 Å². The second-order valence-corrected chi connectivity index (χ2v) is 6.10. The van der Waals surface area contributed by atoms with Crippen LogP contribution < -0.4 is 25.2 Å². The van der Waals surface area contributed by atoms with Crippen molar-refractivity contribution >= 4 is 17.5 Å². The molecule has 0 aliphatic heterocycles. The number of halogens is 2. The van der Waals surface area contributed by atoms with Gasteiger partial charge in [0.05, 0.1) is 6.61 Å². The van der Waals surface area contributed by atoms with Gasteiger partial charge in [-0.15, -0.1) is 0 Å². The lowest BCUT2D eigenvalue weighted by atomic mass is 10.2. The summed E-state index contributed by atoms with van der Waals surface area (Å²) in [6.07, 6.45) is 0. The van der Waals surface area contributed by atoms with Crippen molar-refractivity contribution < 1.29 is 27.8 Å². The van der Waals surface area contributed by atoms with Crippen LogP contribution in [0.25, 0.3) is 0 Å². The van der Waals surface area contributed by atoms with Gasteiger partial charge in [-0.05, 0) is 63.2 Å². The molecule has 0 fully saturated rings. The molecule has 162 valence electrons. The summed E-state index contributed by atoms with van der Waals surface area (Å²) >= 11 is 0. The van der Waals surface area contributed by atoms with E-state index in [1.54, 1.807) is 19.1 Å². The van der Waals surface area contributed by atoms with Crippen molar-refractivity contribution in [1.29, 1.82) is 0 Å². The minimum atomic E-state index is -3.02. The number of amides is 2. The van der Waals surface area contributed by atoms with Crippen molar-refractivity contribution in [3.05, 3.63) is 53.6 Å². The second kappa shape index (κ2) is 11.0. The van der Waals surface area contributed by atoms with Crippen molar-refractivity contribution in [3.63, 3.8) is 0 Å². The molecule has 2 N–H and O–H groups in total. The average Bonchev–Trinajstić information content (AvgIpc) is 2.74. The van der Waals surface area contributed by atoms with Crippen molar-refractivity contribution in [2.45, 2.75) is 27.4 Å². The molecule has 2 aromatic rings. The lowest BCUT2D eigenvalue weighted by molar-refractivity contribution is -0.0514. The molecule has 2 amide bonds. The molecule has 0 aromatic heterocycles. The van der Waals surface area contributed by atoms with Gasteiger partial charge in [0.2, 0.25) is 0 Å². The van der Waals surface area contributed by atoms with E-state index < -0.39 is 18.4 Å².